The molecule has 14 aromatic rings. The maximum absolute atomic E-state index is 6.82. The lowest BCUT2D eigenvalue weighted by molar-refractivity contribution is 0.483. The Labute approximate surface area is 470 Å². The molecule has 3 heterocycles. The van der Waals surface area contributed by atoms with Crippen LogP contribution < -0.4 is 10.1 Å². The van der Waals surface area contributed by atoms with Crippen molar-refractivity contribution in [3.8, 4) is 39.6 Å². The molecule has 0 saturated heterocycles. The van der Waals surface area contributed by atoms with Gasteiger partial charge >= 0.3 is 0 Å². The van der Waals surface area contributed by atoms with Crippen LogP contribution in [0.15, 0.2) is 273 Å². The number of pyridine rings is 1. The average Bonchev–Trinajstić information content (AvgIpc) is 2.53. The second-order valence-electron chi connectivity index (χ2n) is 22.4. The molecular formula is C76H56N4O. The van der Waals surface area contributed by atoms with Crippen molar-refractivity contribution in [3.63, 3.8) is 0 Å². The van der Waals surface area contributed by atoms with E-state index in [0.717, 1.165) is 83.1 Å². The number of nitrogens with zero attached hydrogens (tertiary/aromatic N) is 2. The smallest absolute Gasteiger partial charge is 0.137 e. The molecule has 0 spiro atoms. The van der Waals surface area contributed by atoms with Crippen molar-refractivity contribution in [3.05, 3.63) is 301 Å². The standard InChI is InChI=1S/C76H56N4O/c1-75(2,3)51-43-44-77-72(46-51)80-70-40-16-13-33-63(70)64-42-41-55(48-71(64)80)81-54-26-18-25-53(47-54)78-69-39-20-36-66-60-30-10-8-28-58(60)57-27-7-9-29-59(57)65-35-19-34-56(73(65)79-74(66)69)49-21-17-24-52(45-49)76(50-22-5-4-6-23-50)67-37-14-11-31-61(67)62-32-12-15-38-68(62)76/h4-48,78-79H,1-3H3. The van der Waals surface area contributed by atoms with Gasteiger partial charge in [-0.25, -0.2) is 4.98 Å². The molecule has 0 radical (unpaired) electrons. The van der Waals surface area contributed by atoms with Gasteiger partial charge < -0.3 is 15.0 Å². The highest BCUT2D eigenvalue weighted by atomic mass is 16.5. The zero-order valence-electron chi connectivity index (χ0n) is 45.3. The Balaban J connectivity index is 0.895. The van der Waals surface area contributed by atoms with Crippen molar-refractivity contribution >= 4 is 76.5 Å². The summed E-state index contributed by atoms with van der Waals surface area (Å²) >= 11 is 0. The fourth-order valence-electron chi connectivity index (χ4n) is 13.0. The first-order chi connectivity index (χ1) is 39.8. The van der Waals surface area contributed by atoms with Crippen LogP contribution in [0.25, 0.3) is 93.2 Å². The van der Waals surface area contributed by atoms with Gasteiger partial charge in [0.1, 0.15) is 17.3 Å². The maximum atomic E-state index is 6.82. The van der Waals surface area contributed by atoms with Crippen molar-refractivity contribution < 1.29 is 4.74 Å². The molecule has 0 fully saturated rings. The fraction of sp³-hybridized carbons (Fsp3) is 0.0658. The van der Waals surface area contributed by atoms with Crippen LogP contribution >= 0.6 is 0 Å². The van der Waals surface area contributed by atoms with E-state index in [1.807, 2.05) is 12.3 Å². The molecule has 0 atom stereocenters. The molecule has 0 aliphatic heterocycles. The van der Waals surface area contributed by atoms with Crippen molar-refractivity contribution in [1.82, 2.24) is 14.5 Å². The second kappa shape index (κ2) is 19.0. The lowest BCUT2D eigenvalue weighted by atomic mass is 9.67. The molecule has 81 heavy (non-hydrogen) atoms. The maximum Gasteiger partial charge on any atom is 0.137 e. The van der Waals surface area contributed by atoms with Crippen molar-refractivity contribution in [2.45, 2.75) is 31.6 Å². The Morgan fingerprint density at radius 2 is 0.975 bits per heavy atom. The lowest BCUT2D eigenvalue weighted by Gasteiger charge is -2.34. The van der Waals surface area contributed by atoms with Crippen LogP contribution in [0.3, 0.4) is 0 Å². The number of ether oxygens (including phenoxy) is 1. The molecule has 11 aromatic carbocycles. The quantitative estimate of drug-likeness (QED) is 0.159. The van der Waals surface area contributed by atoms with Crippen LogP contribution in [0, 0.1) is 0 Å². The molecule has 0 bridgehead atoms. The molecule has 1 aliphatic carbocycles. The number of hydrogen-bond donors (Lipinski definition) is 2. The van der Waals surface area contributed by atoms with Gasteiger partial charge in [-0.15, -0.1) is 0 Å². The average molecular weight is 1040 g/mol. The van der Waals surface area contributed by atoms with Crippen molar-refractivity contribution in [1.29, 1.82) is 0 Å². The predicted octanol–water partition coefficient (Wildman–Crippen LogP) is 20.1. The van der Waals surface area contributed by atoms with E-state index in [9.17, 15) is 0 Å². The van der Waals surface area contributed by atoms with Crippen LogP contribution in [-0.2, 0) is 10.8 Å². The number of nitrogens with one attached hydrogen (secondary N) is 2. The van der Waals surface area contributed by atoms with Crippen LogP contribution in [0.1, 0.15) is 48.6 Å². The molecular weight excluding hydrogens is 985 g/mol. The van der Waals surface area contributed by atoms with Gasteiger partial charge in [0.25, 0.3) is 0 Å². The van der Waals surface area contributed by atoms with Gasteiger partial charge in [0.15, 0.2) is 0 Å². The number of benzene rings is 11. The molecule has 15 rings (SSSR count). The van der Waals surface area contributed by atoms with Gasteiger partial charge in [-0.1, -0.05) is 221 Å². The highest BCUT2D eigenvalue weighted by Crippen LogP contribution is 2.56. The van der Waals surface area contributed by atoms with Crippen LogP contribution in [0.5, 0.6) is 11.5 Å². The third kappa shape index (κ3) is 7.87. The minimum atomic E-state index is -0.544. The van der Waals surface area contributed by atoms with Crippen molar-refractivity contribution in [2.24, 2.45) is 0 Å². The zero-order chi connectivity index (χ0) is 54.2. The normalized spacial score (nSPS) is 12.7. The zero-order valence-corrected chi connectivity index (χ0v) is 45.3. The Bertz CT molecular complexity index is 4840. The number of hydrogen-bond acceptors (Lipinski definition) is 3. The number of H-pyrrole nitrogens is 1. The summed E-state index contributed by atoms with van der Waals surface area (Å²) in [6.45, 7) is 6.72. The first-order valence-electron chi connectivity index (χ1n) is 27.9. The summed E-state index contributed by atoms with van der Waals surface area (Å²) in [7, 11) is 0. The largest absolute Gasteiger partial charge is 0.457 e. The summed E-state index contributed by atoms with van der Waals surface area (Å²) in [5.74, 6) is 2.33. The minimum Gasteiger partial charge on any atom is -0.457 e. The predicted molar refractivity (Wildman–Crippen MR) is 338 cm³/mol. The topological polar surface area (TPSA) is 54.9 Å². The van der Waals surface area contributed by atoms with Gasteiger partial charge in [-0.2, -0.15) is 0 Å². The Kier molecular flexibility index (Phi) is 11.2. The third-order valence-electron chi connectivity index (χ3n) is 16.7. The van der Waals surface area contributed by atoms with E-state index < -0.39 is 5.41 Å². The summed E-state index contributed by atoms with van der Waals surface area (Å²) in [4.78, 5) is 9.11. The second-order valence-corrected chi connectivity index (χ2v) is 22.4. The number of fused-ring (bicyclic) bond motifs is 13. The summed E-state index contributed by atoms with van der Waals surface area (Å²) in [5.41, 5.74) is 16.4. The number of para-hydroxylation sites is 3. The number of aromatic nitrogens is 3. The number of anilines is 2. The fourth-order valence-corrected chi connectivity index (χ4v) is 13.0. The molecule has 386 valence electrons. The molecule has 5 heteroatoms. The number of aromatic amines is 1. The molecule has 0 amide bonds. The first-order valence-corrected chi connectivity index (χ1v) is 27.9. The van der Waals surface area contributed by atoms with Gasteiger partial charge in [-0.05, 0) is 126 Å². The van der Waals surface area contributed by atoms with Crippen LogP contribution in [0.2, 0.25) is 0 Å². The van der Waals surface area contributed by atoms with E-state index in [-0.39, 0.29) is 5.41 Å². The summed E-state index contributed by atoms with van der Waals surface area (Å²) < 4.78 is 9.08. The van der Waals surface area contributed by atoms with Gasteiger partial charge in [0.05, 0.1) is 33.2 Å². The van der Waals surface area contributed by atoms with E-state index in [2.05, 4.69) is 296 Å². The van der Waals surface area contributed by atoms with Gasteiger partial charge in [-0.3, -0.25) is 4.57 Å². The Morgan fingerprint density at radius 1 is 0.420 bits per heavy atom. The number of rotatable bonds is 8. The first kappa shape index (κ1) is 47.9. The molecule has 3 aromatic heterocycles. The molecule has 0 unspecified atom stereocenters. The molecule has 1 aliphatic rings. The summed E-state index contributed by atoms with van der Waals surface area (Å²) in [6.07, 6.45) is 1.92. The van der Waals surface area contributed by atoms with Crippen LogP contribution in [-0.4, -0.2) is 14.5 Å². The third-order valence-corrected chi connectivity index (χ3v) is 16.7. The SMILES string of the molecule is CC(C)(C)c1ccnc(-n2c3ccccc3c3ccc(Oc4cccc(Nc5cccc6c5[nH]c5c(-c7cccc(C8(c9ccccc9)c9ccccc9-c9ccccc98)c7)cccc5c5ccccc5c5ccccc65)c4)cc32)c1. The van der Waals surface area contributed by atoms with Gasteiger partial charge in [0, 0.05) is 51.1 Å². The summed E-state index contributed by atoms with van der Waals surface area (Å²) in [6, 6.07) is 96.7. The van der Waals surface area contributed by atoms with Crippen LogP contribution in [0.4, 0.5) is 11.4 Å². The highest BCUT2D eigenvalue weighted by molar-refractivity contribution is 6.21. The van der Waals surface area contributed by atoms with E-state index in [1.165, 1.54) is 55.1 Å². The van der Waals surface area contributed by atoms with Gasteiger partial charge in [0.2, 0.25) is 0 Å². The summed E-state index contributed by atoms with van der Waals surface area (Å²) in [5, 5.41) is 13.0. The van der Waals surface area contributed by atoms with E-state index in [4.69, 9.17) is 9.72 Å². The lowest BCUT2D eigenvalue weighted by Crippen LogP contribution is -2.28. The Hall–Kier alpha value is -10.2. The molecule has 0 saturated carbocycles. The Morgan fingerprint density at radius 3 is 1.70 bits per heavy atom. The minimum absolute atomic E-state index is 0.0300. The molecule has 2 N–H and O–H groups in total. The molecule has 5 nitrogen and oxygen atoms in total. The van der Waals surface area contributed by atoms with E-state index in [1.54, 1.807) is 0 Å². The van der Waals surface area contributed by atoms with Crippen molar-refractivity contribution in [2.75, 3.05) is 5.32 Å². The monoisotopic (exact) mass is 1040 g/mol. The van der Waals surface area contributed by atoms with E-state index in [0.29, 0.717) is 5.75 Å². The highest BCUT2D eigenvalue weighted by Gasteiger charge is 2.46. The van der Waals surface area contributed by atoms with E-state index >= 15 is 0 Å².